The highest BCUT2D eigenvalue weighted by molar-refractivity contribution is 7.92. The molecule has 0 atom stereocenters. The molecule has 0 saturated heterocycles. The second-order valence-corrected chi connectivity index (χ2v) is 9.56. The number of phenols is 1. The number of carbonyl (C=O) groups is 1. The Morgan fingerprint density at radius 1 is 1.00 bits per heavy atom. The molecule has 5 nitrogen and oxygen atoms in total. The molecule has 0 saturated carbocycles. The number of rotatable bonds is 4. The molecule has 0 unspecified atom stereocenters. The molecule has 0 aliphatic carbocycles. The summed E-state index contributed by atoms with van der Waals surface area (Å²) in [5, 5.41) is 12.7. The van der Waals surface area contributed by atoms with Crippen molar-refractivity contribution in [1.82, 2.24) is 0 Å². The molecule has 0 spiro atoms. The largest absolute Gasteiger partial charge is 0.506 e. The van der Waals surface area contributed by atoms with Crippen LogP contribution < -0.4 is 5.32 Å². The molecular formula is C21H13Cl2F4NO4S. The number of sulfone groups is 1. The van der Waals surface area contributed by atoms with Gasteiger partial charge < -0.3 is 10.4 Å². The van der Waals surface area contributed by atoms with E-state index in [1.807, 2.05) is 0 Å². The SMILES string of the molecule is Cc1c(Cl)cc(-c2ccc(F)cc2)c(O)c1C(=O)Nc1ccc(S(=O)(=O)C(F)(F)F)cc1Cl. The van der Waals surface area contributed by atoms with Crippen molar-refractivity contribution >= 4 is 44.6 Å². The number of anilines is 1. The van der Waals surface area contributed by atoms with Gasteiger partial charge in [0.25, 0.3) is 15.7 Å². The monoisotopic (exact) mass is 521 g/mol. The van der Waals surface area contributed by atoms with E-state index in [4.69, 9.17) is 23.2 Å². The van der Waals surface area contributed by atoms with Crippen LogP contribution in [0.15, 0.2) is 53.4 Å². The van der Waals surface area contributed by atoms with Gasteiger partial charge in [-0.2, -0.15) is 13.2 Å². The lowest BCUT2D eigenvalue weighted by atomic mass is 9.97. The Bertz CT molecular complexity index is 1360. The van der Waals surface area contributed by atoms with Crippen LogP contribution in [0.1, 0.15) is 15.9 Å². The Morgan fingerprint density at radius 2 is 1.61 bits per heavy atom. The van der Waals surface area contributed by atoms with E-state index < -0.39 is 42.7 Å². The molecule has 3 aromatic rings. The molecule has 12 heteroatoms. The van der Waals surface area contributed by atoms with Crippen LogP contribution in [0.4, 0.5) is 23.2 Å². The van der Waals surface area contributed by atoms with E-state index in [2.05, 4.69) is 5.32 Å². The van der Waals surface area contributed by atoms with Crippen molar-refractivity contribution in [2.24, 2.45) is 0 Å². The Morgan fingerprint density at radius 3 is 2.15 bits per heavy atom. The summed E-state index contributed by atoms with van der Waals surface area (Å²) < 4.78 is 74.6. The number of amides is 1. The normalized spacial score (nSPS) is 12.0. The molecule has 0 aliphatic heterocycles. The number of benzene rings is 3. The Balaban J connectivity index is 2.01. The molecule has 0 radical (unpaired) electrons. The molecule has 2 N–H and O–H groups in total. The van der Waals surface area contributed by atoms with Gasteiger partial charge in [0.05, 0.1) is 21.2 Å². The van der Waals surface area contributed by atoms with Crippen LogP contribution in [0, 0.1) is 12.7 Å². The van der Waals surface area contributed by atoms with E-state index >= 15 is 0 Å². The maximum atomic E-state index is 13.2. The zero-order valence-corrected chi connectivity index (χ0v) is 18.8. The summed E-state index contributed by atoms with van der Waals surface area (Å²) in [4.78, 5) is 11.8. The van der Waals surface area contributed by atoms with Gasteiger partial charge in [-0.15, -0.1) is 0 Å². The van der Waals surface area contributed by atoms with Gasteiger partial charge in [-0.25, -0.2) is 12.8 Å². The van der Waals surface area contributed by atoms with Crippen molar-refractivity contribution in [2.75, 3.05) is 5.32 Å². The standard InChI is InChI=1S/C21H13Cl2F4NO4S/c1-10-15(22)9-14(11-2-4-12(24)5-3-11)19(29)18(10)20(30)28-17-7-6-13(8-16(17)23)33(31,32)21(25,26)27/h2-9,29H,1H3,(H,28,30). The lowest BCUT2D eigenvalue weighted by Crippen LogP contribution is -2.23. The summed E-state index contributed by atoms with van der Waals surface area (Å²) >= 11 is 12.1. The van der Waals surface area contributed by atoms with Crippen LogP contribution in [0.3, 0.4) is 0 Å². The third-order valence-electron chi connectivity index (χ3n) is 4.68. The van der Waals surface area contributed by atoms with Gasteiger partial charge in [-0.1, -0.05) is 35.3 Å². The minimum atomic E-state index is -5.64. The second kappa shape index (κ2) is 8.85. The van der Waals surface area contributed by atoms with E-state index in [1.165, 1.54) is 25.1 Å². The topological polar surface area (TPSA) is 83.5 Å². The maximum Gasteiger partial charge on any atom is 0.501 e. The van der Waals surface area contributed by atoms with Gasteiger partial charge in [0.2, 0.25) is 0 Å². The van der Waals surface area contributed by atoms with Crippen molar-refractivity contribution < 1.29 is 35.9 Å². The highest BCUT2D eigenvalue weighted by Gasteiger charge is 2.47. The minimum absolute atomic E-state index is 0.106. The van der Waals surface area contributed by atoms with Crippen LogP contribution in [-0.2, 0) is 9.84 Å². The second-order valence-electron chi connectivity index (χ2n) is 6.81. The fourth-order valence-electron chi connectivity index (χ4n) is 2.95. The number of hydrogen-bond donors (Lipinski definition) is 2. The quantitative estimate of drug-likeness (QED) is 0.391. The number of carbonyl (C=O) groups excluding carboxylic acids is 1. The summed E-state index contributed by atoms with van der Waals surface area (Å²) in [5.41, 5.74) is -5.31. The number of aromatic hydroxyl groups is 1. The predicted octanol–water partition coefficient (Wildman–Crippen LogP) is 6.36. The fourth-order valence-corrected chi connectivity index (χ4v) is 4.23. The van der Waals surface area contributed by atoms with E-state index in [0.29, 0.717) is 17.7 Å². The highest BCUT2D eigenvalue weighted by Crippen LogP contribution is 2.39. The Kier molecular flexibility index (Phi) is 6.65. The lowest BCUT2D eigenvalue weighted by molar-refractivity contribution is -0.0436. The van der Waals surface area contributed by atoms with E-state index in [0.717, 1.165) is 18.2 Å². The van der Waals surface area contributed by atoms with Gasteiger partial charge in [0.15, 0.2) is 0 Å². The molecule has 3 rings (SSSR count). The first-order valence-electron chi connectivity index (χ1n) is 8.94. The van der Waals surface area contributed by atoms with Crippen molar-refractivity contribution in [2.45, 2.75) is 17.3 Å². The van der Waals surface area contributed by atoms with Crippen molar-refractivity contribution in [1.29, 1.82) is 0 Å². The number of nitrogens with one attached hydrogen (secondary N) is 1. The maximum absolute atomic E-state index is 13.2. The molecule has 0 aromatic heterocycles. The van der Waals surface area contributed by atoms with Gasteiger partial charge in [-0.05, 0) is 54.4 Å². The molecule has 0 bridgehead atoms. The first-order chi connectivity index (χ1) is 15.2. The molecular weight excluding hydrogens is 509 g/mol. The van der Waals surface area contributed by atoms with Crippen LogP contribution in [-0.4, -0.2) is 24.9 Å². The van der Waals surface area contributed by atoms with E-state index in [1.54, 1.807) is 0 Å². The summed E-state index contributed by atoms with van der Waals surface area (Å²) in [6.45, 7) is 1.45. The first-order valence-corrected chi connectivity index (χ1v) is 11.2. The number of halogens is 6. The van der Waals surface area contributed by atoms with Crippen molar-refractivity contribution in [3.63, 3.8) is 0 Å². The minimum Gasteiger partial charge on any atom is -0.506 e. The van der Waals surface area contributed by atoms with Gasteiger partial charge in [0.1, 0.15) is 11.6 Å². The van der Waals surface area contributed by atoms with Gasteiger partial charge in [0, 0.05) is 10.6 Å². The molecule has 0 fully saturated rings. The third-order valence-corrected chi connectivity index (χ3v) is 6.87. The van der Waals surface area contributed by atoms with Gasteiger partial charge >= 0.3 is 5.51 Å². The number of hydrogen-bond acceptors (Lipinski definition) is 4. The van der Waals surface area contributed by atoms with Crippen LogP contribution >= 0.6 is 23.2 Å². The van der Waals surface area contributed by atoms with Crippen LogP contribution in [0.2, 0.25) is 10.0 Å². The molecule has 0 heterocycles. The van der Waals surface area contributed by atoms with Crippen molar-refractivity contribution in [3.05, 3.63) is 75.5 Å². The summed E-state index contributed by atoms with van der Waals surface area (Å²) in [7, 11) is -5.64. The summed E-state index contributed by atoms with van der Waals surface area (Å²) in [5.74, 6) is -1.90. The molecule has 0 aliphatic rings. The lowest BCUT2D eigenvalue weighted by Gasteiger charge is -2.16. The average Bonchev–Trinajstić information content (AvgIpc) is 2.72. The molecule has 3 aromatic carbocycles. The third kappa shape index (κ3) is 4.78. The fraction of sp³-hybridized carbons (Fsp3) is 0.0952. The molecule has 174 valence electrons. The van der Waals surface area contributed by atoms with Crippen molar-refractivity contribution in [3.8, 4) is 16.9 Å². The highest BCUT2D eigenvalue weighted by atomic mass is 35.5. The van der Waals surface area contributed by atoms with Gasteiger partial charge in [-0.3, -0.25) is 4.79 Å². The Labute approximate surface area is 195 Å². The number of alkyl halides is 3. The van der Waals surface area contributed by atoms with E-state index in [9.17, 15) is 35.9 Å². The van der Waals surface area contributed by atoms with E-state index in [-0.39, 0.29) is 27.4 Å². The smallest absolute Gasteiger partial charge is 0.501 e. The molecule has 1 amide bonds. The zero-order valence-electron chi connectivity index (χ0n) is 16.5. The van der Waals surface area contributed by atoms with Crippen LogP contribution in [0.5, 0.6) is 5.75 Å². The number of phenolic OH excluding ortho intramolecular Hbond substituents is 1. The van der Waals surface area contributed by atoms with Crippen LogP contribution in [0.25, 0.3) is 11.1 Å². The molecule has 33 heavy (non-hydrogen) atoms. The Hall–Kier alpha value is -2.82. The first kappa shape index (κ1) is 24.8. The summed E-state index contributed by atoms with van der Waals surface area (Å²) in [6, 6.07) is 8.50. The summed E-state index contributed by atoms with van der Waals surface area (Å²) in [6.07, 6.45) is 0. The average molecular weight is 522 g/mol. The zero-order chi connectivity index (χ0) is 24.7. The predicted molar refractivity (Wildman–Crippen MR) is 116 cm³/mol.